The highest BCUT2D eigenvalue weighted by molar-refractivity contribution is 5.49. The van der Waals surface area contributed by atoms with E-state index in [2.05, 4.69) is 15.6 Å². The van der Waals surface area contributed by atoms with E-state index in [0.29, 0.717) is 26.4 Å². The largest absolute Gasteiger partial charge is 0.416 e. The lowest BCUT2D eigenvalue weighted by Crippen LogP contribution is -2.14. The topological polar surface area (TPSA) is 55.4 Å². The fraction of sp³-hybridized carbons (Fsp3) is 0.583. The molecule has 2 N–H and O–H groups in total. The zero-order valence-electron chi connectivity index (χ0n) is 11.4. The lowest BCUT2D eigenvalue weighted by molar-refractivity contribution is -0.137. The van der Waals surface area contributed by atoms with Gasteiger partial charge < -0.3 is 20.1 Å². The van der Waals surface area contributed by atoms with E-state index in [1.165, 1.54) is 7.05 Å². The molecule has 20 heavy (non-hydrogen) atoms. The van der Waals surface area contributed by atoms with E-state index in [9.17, 15) is 13.2 Å². The van der Waals surface area contributed by atoms with Crippen LogP contribution in [0.25, 0.3) is 0 Å². The molecule has 0 aromatic carbocycles. The van der Waals surface area contributed by atoms with Crippen molar-refractivity contribution in [2.45, 2.75) is 6.18 Å². The zero-order chi connectivity index (χ0) is 15.0. The molecule has 0 aliphatic carbocycles. The van der Waals surface area contributed by atoms with E-state index < -0.39 is 11.7 Å². The van der Waals surface area contributed by atoms with Gasteiger partial charge in [-0.15, -0.1) is 0 Å². The second-order valence-corrected chi connectivity index (χ2v) is 3.91. The van der Waals surface area contributed by atoms with Crippen LogP contribution in [0, 0.1) is 0 Å². The number of alkyl halides is 3. The van der Waals surface area contributed by atoms with Crippen LogP contribution >= 0.6 is 0 Å². The van der Waals surface area contributed by atoms with Gasteiger partial charge in [0.1, 0.15) is 11.6 Å². The number of ether oxygens (including phenoxy) is 2. The van der Waals surface area contributed by atoms with Crippen LogP contribution in [-0.4, -0.2) is 45.5 Å². The van der Waals surface area contributed by atoms with Gasteiger partial charge in [0.15, 0.2) is 0 Å². The first kappa shape index (κ1) is 16.5. The first-order valence-electron chi connectivity index (χ1n) is 6.05. The summed E-state index contributed by atoms with van der Waals surface area (Å²) in [6, 6.07) is 1.93. The van der Waals surface area contributed by atoms with Crippen LogP contribution in [0.5, 0.6) is 0 Å². The quantitative estimate of drug-likeness (QED) is 0.720. The van der Waals surface area contributed by atoms with Crippen molar-refractivity contribution >= 4 is 11.6 Å². The summed E-state index contributed by atoms with van der Waals surface area (Å²) < 4.78 is 48.1. The molecule has 5 nitrogen and oxygen atoms in total. The number of pyridine rings is 1. The highest BCUT2D eigenvalue weighted by atomic mass is 19.4. The highest BCUT2D eigenvalue weighted by Gasteiger charge is 2.31. The monoisotopic (exact) mass is 293 g/mol. The van der Waals surface area contributed by atoms with E-state index in [1.54, 1.807) is 7.11 Å². The average molecular weight is 293 g/mol. The van der Waals surface area contributed by atoms with Crippen LogP contribution in [0.4, 0.5) is 24.8 Å². The van der Waals surface area contributed by atoms with Gasteiger partial charge in [-0.3, -0.25) is 0 Å². The molecule has 1 rings (SSSR count). The Hall–Kier alpha value is -1.54. The van der Waals surface area contributed by atoms with E-state index in [-0.39, 0.29) is 11.6 Å². The van der Waals surface area contributed by atoms with Crippen molar-refractivity contribution in [2.24, 2.45) is 0 Å². The van der Waals surface area contributed by atoms with Gasteiger partial charge in [0.25, 0.3) is 0 Å². The number of hydrogen-bond donors (Lipinski definition) is 2. The summed E-state index contributed by atoms with van der Waals surface area (Å²) in [4.78, 5) is 4.00. The van der Waals surface area contributed by atoms with Crippen LogP contribution in [-0.2, 0) is 15.7 Å². The molecule has 0 saturated carbocycles. The number of halogens is 3. The van der Waals surface area contributed by atoms with E-state index in [1.807, 2.05) is 0 Å². The van der Waals surface area contributed by atoms with Gasteiger partial charge in [-0.05, 0) is 12.1 Å². The highest BCUT2D eigenvalue weighted by Crippen LogP contribution is 2.31. The Balaban J connectivity index is 2.56. The van der Waals surface area contributed by atoms with Gasteiger partial charge in [0.2, 0.25) is 0 Å². The van der Waals surface area contributed by atoms with Crippen molar-refractivity contribution in [1.29, 1.82) is 0 Å². The van der Waals surface area contributed by atoms with Crippen LogP contribution in [0.2, 0.25) is 0 Å². The molecule has 0 unspecified atom stereocenters. The number of nitrogens with zero attached hydrogens (tertiary/aromatic N) is 1. The van der Waals surface area contributed by atoms with Crippen LogP contribution in [0.3, 0.4) is 0 Å². The normalized spacial score (nSPS) is 11.4. The van der Waals surface area contributed by atoms with E-state index >= 15 is 0 Å². The predicted octanol–water partition coefficient (Wildman–Crippen LogP) is 2.22. The Labute approximate surface area is 115 Å². The summed E-state index contributed by atoms with van der Waals surface area (Å²) >= 11 is 0. The Morgan fingerprint density at radius 3 is 2.45 bits per heavy atom. The molecule has 0 amide bonds. The fourth-order valence-electron chi connectivity index (χ4n) is 1.41. The summed E-state index contributed by atoms with van der Waals surface area (Å²) in [6.45, 7) is 1.64. The molecule has 1 heterocycles. The van der Waals surface area contributed by atoms with Crippen molar-refractivity contribution in [3.05, 3.63) is 17.7 Å². The molecule has 0 spiro atoms. The Bertz CT molecular complexity index is 413. The first-order valence-corrected chi connectivity index (χ1v) is 6.05. The molecule has 0 fully saturated rings. The molecule has 0 bridgehead atoms. The fourth-order valence-corrected chi connectivity index (χ4v) is 1.41. The second-order valence-electron chi connectivity index (χ2n) is 3.91. The second kappa shape index (κ2) is 7.91. The van der Waals surface area contributed by atoms with Crippen LogP contribution < -0.4 is 10.6 Å². The van der Waals surface area contributed by atoms with Crippen molar-refractivity contribution in [3.63, 3.8) is 0 Å². The molecular formula is C12H18F3N3O2. The molecule has 8 heteroatoms. The van der Waals surface area contributed by atoms with E-state index in [4.69, 9.17) is 9.47 Å². The Morgan fingerprint density at radius 2 is 1.85 bits per heavy atom. The molecule has 0 saturated heterocycles. The van der Waals surface area contributed by atoms with Gasteiger partial charge >= 0.3 is 6.18 Å². The maximum Gasteiger partial charge on any atom is 0.416 e. The zero-order valence-corrected chi connectivity index (χ0v) is 11.4. The number of aromatic nitrogens is 1. The van der Waals surface area contributed by atoms with Crippen LogP contribution in [0.15, 0.2) is 12.1 Å². The molecule has 0 aliphatic heterocycles. The third-order valence-corrected chi connectivity index (χ3v) is 2.39. The molecular weight excluding hydrogens is 275 g/mol. The SMILES string of the molecule is CNc1cc(C(F)(F)F)cc(NCCOCCOC)n1. The number of hydrogen-bond acceptors (Lipinski definition) is 5. The van der Waals surface area contributed by atoms with Crippen LogP contribution in [0.1, 0.15) is 5.56 Å². The van der Waals surface area contributed by atoms with Crippen molar-refractivity contribution < 1.29 is 22.6 Å². The summed E-state index contributed by atoms with van der Waals surface area (Å²) in [5.41, 5.74) is -0.750. The minimum absolute atomic E-state index is 0.152. The third-order valence-electron chi connectivity index (χ3n) is 2.39. The third kappa shape index (κ3) is 5.62. The van der Waals surface area contributed by atoms with E-state index in [0.717, 1.165) is 12.1 Å². The average Bonchev–Trinajstić information content (AvgIpc) is 2.41. The maximum absolute atomic E-state index is 12.7. The maximum atomic E-state index is 12.7. The minimum Gasteiger partial charge on any atom is -0.382 e. The Kier molecular flexibility index (Phi) is 6.53. The number of methoxy groups -OCH3 is 1. The lowest BCUT2D eigenvalue weighted by atomic mass is 10.2. The lowest BCUT2D eigenvalue weighted by Gasteiger charge is -2.12. The Morgan fingerprint density at radius 1 is 1.15 bits per heavy atom. The van der Waals surface area contributed by atoms with Gasteiger partial charge in [0.05, 0.1) is 25.4 Å². The molecule has 1 aromatic rings. The molecule has 0 aliphatic rings. The predicted molar refractivity (Wildman–Crippen MR) is 70.0 cm³/mol. The van der Waals surface area contributed by atoms with Gasteiger partial charge in [-0.2, -0.15) is 13.2 Å². The van der Waals surface area contributed by atoms with Crippen molar-refractivity contribution in [2.75, 3.05) is 51.2 Å². The smallest absolute Gasteiger partial charge is 0.382 e. The molecule has 1 aromatic heterocycles. The summed E-state index contributed by atoms with van der Waals surface area (Å²) in [6.07, 6.45) is -4.40. The van der Waals surface area contributed by atoms with Crippen molar-refractivity contribution in [1.82, 2.24) is 4.98 Å². The first-order chi connectivity index (χ1) is 9.47. The molecule has 0 radical (unpaired) electrons. The number of anilines is 2. The summed E-state index contributed by atoms with van der Waals surface area (Å²) in [5.74, 6) is 0.308. The summed E-state index contributed by atoms with van der Waals surface area (Å²) in [7, 11) is 3.08. The minimum atomic E-state index is -4.40. The number of rotatable bonds is 8. The molecule has 114 valence electrons. The van der Waals surface area contributed by atoms with Crippen molar-refractivity contribution in [3.8, 4) is 0 Å². The summed E-state index contributed by atoms with van der Waals surface area (Å²) in [5, 5.41) is 5.39. The van der Waals surface area contributed by atoms with Gasteiger partial charge in [0, 0.05) is 20.7 Å². The van der Waals surface area contributed by atoms with Gasteiger partial charge in [-0.25, -0.2) is 4.98 Å². The standard InChI is InChI=1S/C12H18F3N3O2/c1-16-10-7-9(12(13,14)15)8-11(18-10)17-3-4-20-6-5-19-2/h7-8H,3-6H2,1-2H3,(H2,16,17,18). The number of nitrogens with one attached hydrogen (secondary N) is 2. The molecule has 0 atom stereocenters. The van der Waals surface area contributed by atoms with Gasteiger partial charge in [-0.1, -0.05) is 0 Å².